The summed E-state index contributed by atoms with van der Waals surface area (Å²) in [5.74, 6) is -0.529. The number of hydrogen-bond donors (Lipinski definition) is 2. The van der Waals surface area contributed by atoms with Crippen LogP contribution in [0.5, 0.6) is 0 Å². The monoisotopic (exact) mass is 352 g/mol. The number of amides is 1. The van der Waals surface area contributed by atoms with Gasteiger partial charge >= 0.3 is 0 Å². The van der Waals surface area contributed by atoms with E-state index in [2.05, 4.69) is 5.32 Å². The highest BCUT2D eigenvalue weighted by Crippen LogP contribution is 2.22. The van der Waals surface area contributed by atoms with E-state index >= 15 is 0 Å². The topological polar surface area (TPSA) is 101 Å². The van der Waals surface area contributed by atoms with Gasteiger partial charge in [-0.3, -0.25) is 4.79 Å². The molecule has 130 valence electrons. The molecule has 3 N–H and O–H groups in total. The number of carbonyl (C=O) groups excluding carboxylic acids is 1. The molecule has 24 heavy (non-hydrogen) atoms. The quantitative estimate of drug-likeness (QED) is 0.399. The highest BCUT2D eigenvalue weighted by atomic mass is 35.5. The van der Waals surface area contributed by atoms with Gasteiger partial charge < -0.3 is 25.4 Å². The van der Waals surface area contributed by atoms with E-state index in [1.165, 1.54) is 12.3 Å². The number of hydrogen-bond acceptors (Lipinski definition) is 6. The third-order valence-electron chi connectivity index (χ3n) is 3.10. The number of benzene rings is 1. The third-order valence-corrected chi connectivity index (χ3v) is 3.43. The minimum absolute atomic E-state index is 0.0323. The first-order valence-corrected chi connectivity index (χ1v) is 7.59. The second kappa shape index (κ2) is 10.5. The first-order valence-electron chi connectivity index (χ1n) is 7.22. The molecule has 0 unspecified atom stereocenters. The van der Waals surface area contributed by atoms with Crippen LogP contribution in [0.4, 0.5) is 11.4 Å². The van der Waals surface area contributed by atoms with E-state index in [1.807, 2.05) is 6.07 Å². The van der Waals surface area contributed by atoms with E-state index in [9.17, 15) is 10.1 Å². The van der Waals surface area contributed by atoms with Crippen LogP contribution in [-0.2, 0) is 14.3 Å². The lowest BCUT2D eigenvalue weighted by molar-refractivity contribution is -0.112. The molecule has 0 saturated heterocycles. The molecule has 0 fully saturated rings. The van der Waals surface area contributed by atoms with Crippen molar-refractivity contribution in [2.24, 2.45) is 0 Å². The largest absolute Gasteiger partial charge is 0.398 e. The Morgan fingerprint density at radius 1 is 1.38 bits per heavy atom. The molecule has 0 aliphatic heterocycles. The highest BCUT2D eigenvalue weighted by molar-refractivity contribution is 6.33. The van der Waals surface area contributed by atoms with Gasteiger partial charge in [-0.1, -0.05) is 11.6 Å². The highest BCUT2D eigenvalue weighted by Gasteiger charge is 2.12. The molecule has 0 aliphatic carbocycles. The lowest BCUT2D eigenvalue weighted by Crippen LogP contribution is -2.27. The molecule has 8 heteroatoms. The Hall–Kier alpha value is -2.27. The minimum atomic E-state index is -0.529. The summed E-state index contributed by atoms with van der Waals surface area (Å²) in [4.78, 5) is 14.1. The molecule has 0 spiro atoms. The summed E-state index contributed by atoms with van der Waals surface area (Å²) in [7, 11) is 3.17. The van der Waals surface area contributed by atoms with Crippen molar-refractivity contribution >= 4 is 28.9 Å². The molecule has 0 radical (unpaired) electrons. The maximum absolute atomic E-state index is 12.3. The van der Waals surface area contributed by atoms with Gasteiger partial charge in [-0.2, -0.15) is 5.26 Å². The molecule has 1 aromatic rings. The van der Waals surface area contributed by atoms with Crippen LogP contribution < -0.4 is 11.1 Å². The Kier molecular flexibility index (Phi) is 8.65. The predicted molar refractivity (Wildman–Crippen MR) is 93.5 cm³/mol. The van der Waals surface area contributed by atoms with E-state index in [0.29, 0.717) is 42.7 Å². The first-order chi connectivity index (χ1) is 11.5. The molecular formula is C16H21ClN4O3. The van der Waals surface area contributed by atoms with Crippen molar-refractivity contribution in [2.75, 3.05) is 51.6 Å². The molecule has 0 aromatic heterocycles. The lowest BCUT2D eigenvalue weighted by Gasteiger charge is -2.20. The fourth-order valence-corrected chi connectivity index (χ4v) is 1.96. The third kappa shape index (κ3) is 6.46. The van der Waals surface area contributed by atoms with Gasteiger partial charge in [0, 0.05) is 39.2 Å². The number of ether oxygens (including phenoxy) is 2. The summed E-state index contributed by atoms with van der Waals surface area (Å²) in [5.41, 5.74) is 6.47. The van der Waals surface area contributed by atoms with Gasteiger partial charge in [0.2, 0.25) is 0 Å². The molecule has 0 heterocycles. The standard InChI is InChI=1S/C16H21ClN4O3/c1-23-7-5-21(6-8-24-2)11-12(10-18)16(22)20-13-3-4-15(19)14(17)9-13/h3-4,9,11H,5-8,19H2,1-2H3,(H,20,22)/b12-11-. The van der Waals surface area contributed by atoms with Crippen LogP contribution in [0.1, 0.15) is 0 Å². The summed E-state index contributed by atoms with van der Waals surface area (Å²) in [6.07, 6.45) is 1.49. The Morgan fingerprint density at radius 2 is 2.00 bits per heavy atom. The average molecular weight is 353 g/mol. The second-order valence-corrected chi connectivity index (χ2v) is 5.27. The fourth-order valence-electron chi connectivity index (χ4n) is 1.78. The van der Waals surface area contributed by atoms with Crippen molar-refractivity contribution in [3.8, 4) is 6.07 Å². The molecule has 0 aliphatic rings. The molecular weight excluding hydrogens is 332 g/mol. The molecule has 7 nitrogen and oxygen atoms in total. The van der Waals surface area contributed by atoms with Crippen LogP contribution in [0.3, 0.4) is 0 Å². The number of methoxy groups -OCH3 is 2. The van der Waals surface area contributed by atoms with Gasteiger partial charge in [0.05, 0.1) is 23.9 Å². The van der Waals surface area contributed by atoms with Crippen molar-refractivity contribution in [1.82, 2.24) is 4.90 Å². The summed E-state index contributed by atoms with van der Waals surface area (Å²) in [6.45, 7) is 2.00. The Bertz CT molecular complexity index is 620. The predicted octanol–water partition coefficient (Wildman–Crippen LogP) is 1.86. The number of halogens is 1. The smallest absolute Gasteiger partial charge is 0.267 e. The molecule has 0 atom stereocenters. The van der Waals surface area contributed by atoms with Gasteiger partial charge in [-0.25, -0.2) is 0 Å². The Balaban J connectivity index is 2.85. The van der Waals surface area contributed by atoms with Crippen molar-refractivity contribution in [2.45, 2.75) is 0 Å². The average Bonchev–Trinajstić information content (AvgIpc) is 2.57. The zero-order chi connectivity index (χ0) is 17.9. The van der Waals surface area contributed by atoms with Gasteiger partial charge in [0.15, 0.2) is 0 Å². The number of carbonyl (C=O) groups is 1. The van der Waals surface area contributed by atoms with Crippen LogP contribution in [0, 0.1) is 11.3 Å². The normalized spacial score (nSPS) is 11.0. The van der Waals surface area contributed by atoms with Crippen LogP contribution in [-0.4, -0.2) is 51.3 Å². The van der Waals surface area contributed by atoms with Crippen molar-refractivity contribution in [3.05, 3.63) is 35.0 Å². The van der Waals surface area contributed by atoms with Gasteiger partial charge in [-0.05, 0) is 18.2 Å². The SMILES string of the molecule is COCCN(/C=C(/C#N)C(=O)Nc1ccc(N)c(Cl)c1)CCOC. The zero-order valence-corrected chi connectivity index (χ0v) is 14.5. The van der Waals surface area contributed by atoms with Crippen molar-refractivity contribution in [3.63, 3.8) is 0 Å². The number of nitriles is 1. The molecule has 0 bridgehead atoms. The molecule has 1 aromatic carbocycles. The first kappa shape index (κ1) is 19.8. The van der Waals surface area contributed by atoms with E-state index in [1.54, 1.807) is 31.3 Å². The van der Waals surface area contributed by atoms with Crippen LogP contribution in [0.25, 0.3) is 0 Å². The van der Waals surface area contributed by atoms with E-state index in [-0.39, 0.29) is 5.57 Å². The number of anilines is 2. The number of nitrogen functional groups attached to an aromatic ring is 1. The van der Waals surface area contributed by atoms with Crippen molar-refractivity contribution < 1.29 is 14.3 Å². The maximum atomic E-state index is 12.3. The Morgan fingerprint density at radius 3 is 2.50 bits per heavy atom. The summed E-state index contributed by atoms with van der Waals surface area (Å²) in [5, 5.41) is 12.2. The van der Waals surface area contributed by atoms with Crippen LogP contribution in [0.15, 0.2) is 30.0 Å². The van der Waals surface area contributed by atoms with E-state index < -0.39 is 5.91 Å². The number of nitrogens with zero attached hydrogens (tertiary/aromatic N) is 2. The number of nitrogens with one attached hydrogen (secondary N) is 1. The van der Waals surface area contributed by atoms with E-state index in [0.717, 1.165) is 0 Å². The molecule has 1 rings (SSSR count). The fraction of sp³-hybridized carbons (Fsp3) is 0.375. The maximum Gasteiger partial charge on any atom is 0.267 e. The summed E-state index contributed by atoms with van der Waals surface area (Å²) >= 11 is 5.92. The summed E-state index contributed by atoms with van der Waals surface area (Å²) in [6, 6.07) is 6.62. The summed E-state index contributed by atoms with van der Waals surface area (Å²) < 4.78 is 10.1. The van der Waals surface area contributed by atoms with Crippen molar-refractivity contribution in [1.29, 1.82) is 5.26 Å². The van der Waals surface area contributed by atoms with Crippen LogP contribution in [0.2, 0.25) is 5.02 Å². The Labute approximate surface area is 146 Å². The number of rotatable bonds is 9. The lowest BCUT2D eigenvalue weighted by atomic mass is 10.2. The molecule has 1 amide bonds. The second-order valence-electron chi connectivity index (χ2n) is 4.87. The van der Waals surface area contributed by atoms with Gasteiger partial charge in [0.25, 0.3) is 5.91 Å². The number of nitrogens with two attached hydrogens (primary N) is 1. The zero-order valence-electron chi connectivity index (χ0n) is 13.7. The van der Waals surface area contributed by atoms with Gasteiger partial charge in [-0.15, -0.1) is 0 Å². The van der Waals surface area contributed by atoms with Gasteiger partial charge in [0.1, 0.15) is 11.6 Å². The minimum Gasteiger partial charge on any atom is -0.398 e. The van der Waals surface area contributed by atoms with Crippen LogP contribution >= 0.6 is 11.6 Å². The van der Waals surface area contributed by atoms with E-state index in [4.69, 9.17) is 26.8 Å². The molecule has 0 saturated carbocycles.